The Morgan fingerprint density at radius 2 is 2.10 bits per heavy atom. The van der Waals surface area contributed by atoms with Crippen molar-refractivity contribution in [3.05, 3.63) is 41.4 Å². The topological polar surface area (TPSA) is 50.4 Å². The van der Waals surface area contributed by atoms with Crippen LogP contribution >= 0.6 is 11.8 Å². The Morgan fingerprint density at radius 1 is 1.40 bits per heavy atom. The molecule has 0 spiro atoms. The van der Waals surface area contributed by atoms with E-state index in [0.29, 0.717) is 6.54 Å². The molecule has 1 rings (SSSR count). The molecule has 0 aliphatic carbocycles. The van der Waals surface area contributed by atoms with Crippen LogP contribution in [0.1, 0.15) is 26.3 Å². The van der Waals surface area contributed by atoms with Crippen LogP contribution in [0.15, 0.2) is 35.9 Å². The molecule has 5 heteroatoms. The lowest BCUT2D eigenvalue weighted by Crippen LogP contribution is -2.32. The van der Waals surface area contributed by atoms with Gasteiger partial charge < -0.3 is 15.4 Å². The van der Waals surface area contributed by atoms with Gasteiger partial charge in [0.25, 0.3) is 0 Å². The van der Waals surface area contributed by atoms with Crippen LogP contribution in [0.2, 0.25) is 0 Å². The van der Waals surface area contributed by atoms with E-state index in [-0.39, 0.29) is 0 Å². The fraction of sp³-hybridized carbons (Fsp3) is 0.400. The minimum Gasteiger partial charge on any atom is -0.444 e. The lowest BCUT2D eigenvalue weighted by Gasteiger charge is -2.19. The molecule has 0 saturated carbocycles. The number of hydrogen-bond acceptors (Lipinski definition) is 4. The number of anilines is 1. The summed E-state index contributed by atoms with van der Waals surface area (Å²) in [5.41, 5.74) is 1.46. The molecule has 1 aromatic carbocycles. The summed E-state index contributed by atoms with van der Waals surface area (Å²) in [5, 5.41) is 6.79. The summed E-state index contributed by atoms with van der Waals surface area (Å²) in [5.74, 6) is 0. The maximum atomic E-state index is 11.6. The molecular weight excluding hydrogens is 272 g/mol. The smallest absolute Gasteiger partial charge is 0.407 e. The lowest BCUT2D eigenvalue weighted by molar-refractivity contribution is 0.0523. The molecule has 4 nitrogen and oxygen atoms in total. The number of thioether (sulfide) groups is 1. The van der Waals surface area contributed by atoms with E-state index in [4.69, 9.17) is 4.74 Å². The molecule has 0 atom stereocenters. The first-order chi connectivity index (χ1) is 9.30. The molecule has 110 valence electrons. The molecule has 0 aliphatic heterocycles. The summed E-state index contributed by atoms with van der Waals surface area (Å²) in [6.45, 7) is 9.82. The Hall–Kier alpha value is -1.62. The van der Waals surface area contributed by atoms with Gasteiger partial charge in [0.15, 0.2) is 0 Å². The molecule has 0 radical (unpaired) electrons. The minimum atomic E-state index is -0.483. The van der Waals surface area contributed by atoms with Crippen molar-refractivity contribution in [2.75, 3.05) is 11.6 Å². The van der Waals surface area contributed by atoms with Gasteiger partial charge in [-0.15, -0.1) is 11.8 Å². The monoisotopic (exact) mass is 294 g/mol. The maximum Gasteiger partial charge on any atom is 0.407 e. The van der Waals surface area contributed by atoms with Crippen LogP contribution in [0.3, 0.4) is 0 Å². The van der Waals surface area contributed by atoms with Gasteiger partial charge in [0.05, 0.1) is 5.03 Å². The van der Waals surface area contributed by atoms with Gasteiger partial charge in [-0.2, -0.15) is 0 Å². The number of rotatable bonds is 5. The molecule has 0 saturated heterocycles. The Kier molecular flexibility index (Phi) is 5.95. The zero-order valence-electron chi connectivity index (χ0n) is 12.4. The average Bonchev–Trinajstić information content (AvgIpc) is 2.34. The summed E-state index contributed by atoms with van der Waals surface area (Å²) in [4.78, 5) is 11.6. The number of hydrogen-bond donors (Lipinski definition) is 2. The molecule has 2 N–H and O–H groups in total. The largest absolute Gasteiger partial charge is 0.444 e. The number of benzene rings is 1. The Labute approximate surface area is 125 Å². The normalized spacial score (nSPS) is 10.8. The third-order valence-electron chi connectivity index (χ3n) is 2.29. The van der Waals surface area contributed by atoms with Crippen molar-refractivity contribution in [2.24, 2.45) is 0 Å². The zero-order valence-corrected chi connectivity index (χ0v) is 13.3. The van der Waals surface area contributed by atoms with Crippen molar-refractivity contribution in [1.82, 2.24) is 5.32 Å². The molecule has 20 heavy (non-hydrogen) atoms. The first-order valence-corrected chi connectivity index (χ1v) is 7.58. The van der Waals surface area contributed by atoms with Crippen LogP contribution in [0.4, 0.5) is 10.5 Å². The molecule has 1 amide bonds. The highest BCUT2D eigenvalue weighted by molar-refractivity contribution is 8.02. The molecule has 0 fully saturated rings. The highest BCUT2D eigenvalue weighted by Gasteiger charge is 2.15. The zero-order chi connectivity index (χ0) is 15.2. The van der Waals surface area contributed by atoms with E-state index >= 15 is 0 Å². The van der Waals surface area contributed by atoms with Gasteiger partial charge in [-0.3, -0.25) is 0 Å². The van der Waals surface area contributed by atoms with Gasteiger partial charge in [0.1, 0.15) is 5.60 Å². The molecule has 0 bridgehead atoms. The summed E-state index contributed by atoms with van der Waals surface area (Å²) in [6, 6.07) is 7.81. The van der Waals surface area contributed by atoms with E-state index in [1.807, 2.05) is 51.3 Å². The van der Waals surface area contributed by atoms with Crippen molar-refractivity contribution >= 4 is 23.5 Å². The van der Waals surface area contributed by atoms with Gasteiger partial charge in [-0.1, -0.05) is 18.7 Å². The third-order valence-corrected chi connectivity index (χ3v) is 2.89. The van der Waals surface area contributed by atoms with Crippen LogP contribution in [-0.4, -0.2) is 18.0 Å². The van der Waals surface area contributed by atoms with Crippen molar-refractivity contribution < 1.29 is 9.53 Å². The fourth-order valence-electron chi connectivity index (χ4n) is 1.46. The fourth-order valence-corrected chi connectivity index (χ4v) is 1.68. The number of ether oxygens (including phenoxy) is 1. The van der Waals surface area contributed by atoms with Crippen LogP contribution in [0.5, 0.6) is 0 Å². The second-order valence-electron chi connectivity index (χ2n) is 5.31. The Balaban J connectivity index is 2.54. The predicted molar refractivity (Wildman–Crippen MR) is 85.8 cm³/mol. The Morgan fingerprint density at radius 3 is 2.70 bits per heavy atom. The van der Waals surface area contributed by atoms with Crippen LogP contribution in [0, 0.1) is 0 Å². The summed E-state index contributed by atoms with van der Waals surface area (Å²) in [6.07, 6.45) is 1.55. The quantitative estimate of drug-likeness (QED) is 0.863. The predicted octanol–water partition coefficient (Wildman–Crippen LogP) is 3.96. The number of alkyl carbamates (subject to hydrolysis) is 1. The third kappa shape index (κ3) is 6.52. The summed E-state index contributed by atoms with van der Waals surface area (Å²) >= 11 is 1.55. The van der Waals surface area contributed by atoms with E-state index in [0.717, 1.165) is 16.3 Å². The van der Waals surface area contributed by atoms with Gasteiger partial charge >= 0.3 is 6.09 Å². The SMILES string of the molecule is C=C(Nc1cccc(CNC(=O)OC(C)(C)C)c1)SC. The standard InChI is InChI=1S/C15H22N2O2S/c1-11(20-5)17-13-8-6-7-12(9-13)10-16-14(18)19-15(2,3)4/h6-9,17H,1,10H2,2-5H3,(H,16,18). The van der Waals surface area contributed by atoms with Gasteiger partial charge in [0.2, 0.25) is 0 Å². The van der Waals surface area contributed by atoms with E-state index in [2.05, 4.69) is 17.2 Å². The number of carbonyl (C=O) groups is 1. The molecule has 0 unspecified atom stereocenters. The highest BCUT2D eigenvalue weighted by Crippen LogP contribution is 2.16. The number of nitrogens with one attached hydrogen (secondary N) is 2. The van der Waals surface area contributed by atoms with E-state index in [1.54, 1.807) is 11.8 Å². The van der Waals surface area contributed by atoms with Crippen LogP contribution in [0.25, 0.3) is 0 Å². The molecule has 0 heterocycles. The van der Waals surface area contributed by atoms with Gasteiger partial charge in [-0.05, 0) is 44.7 Å². The van der Waals surface area contributed by atoms with E-state index in [9.17, 15) is 4.79 Å². The summed E-state index contributed by atoms with van der Waals surface area (Å²) < 4.78 is 5.19. The lowest BCUT2D eigenvalue weighted by atomic mass is 10.2. The second kappa shape index (κ2) is 7.24. The van der Waals surface area contributed by atoms with Crippen molar-refractivity contribution in [3.63, 3.8) is 0 Å². The van der Waals surface area contributed by atoms with Crippen molar-refractivity contribution in [1.29, 1.82) is 0 Å². The number of carbonyl (C=O) groups excluding carboxylic acids is 1. The van der Waals surface area contributed by atoms with Crippen LogP contribution < -0.4 is 10.6 Å². The van der Waals surface area contributed by atoms with E-state index in [1.165, 1.54) is 0 Å². The number of amides is 1. The minimum absolute atomic E-state index is 0.413. The molecule has 0 aliphatic rings. The molecule has 0 aromatic heterocycles. The van der Waals surface area contributed by atoms with Gasteiger partial charge in [-0.25, -0.2) is 4.79 Å². The van der Waals surface area contributed by atoms with Crippen molar-refractivity contribution in [2.45, 2.75) is 32.9 Å². The molecule has 1 aromatic rings. The first kappa shape index (κ1) is 16.4. The summed E-state index contributed by atoms with van der Waals surface area (Å²) in [7, 11) is 0. The van der Waals surface area contributed by atoms with Crippen molar-refractivity contribution in [3.8, 4) is 0 Å². The molecular formula is C15H22N2O2S. The maximum absolute atomic E-state index is 11.6. The average molecular weight is 294 g/mol. The first-order valence-electron chi connectivity index (χ1n) is 6.36. The van der Waals surface area contributed by atoms with E-state index < -0.39 is 11.7 Å². The Bertz CT molecular complexity index is 481. The second-order valence-corrected chi connectivity index (χ2v) is 6.21. The highest BCUT2D eigenvalue weighted by atomic mass is 32.2. The van der Waals surface area contributed by atoms with Crippen LogP contribution in [-0.2, 0) is 11.3 Å². The van der Waals surface area contributed by atoms with Gasteiger partial charge in [0, 0.05) is 12.2 Å².